The van der Waals surface area contributed by atoms with Gasteiger partial charge < -0.3 is 5.11 Å². The predicted molar refractivity (Wildman–Crippen MR) is 55.3 cm³/mol. The molecule has 1 aromatic rings. The van der Waals surface area contributed by atoms with Crippen LogP contribution in [0.4, 0.5) is 17.6 Å². The van der Waals surface area contributed by atoms with E-state index in [1.54, 1.807) is 0 Å². The molecule has 2 nitrogen and oxygen atoms in total. The molecule has 0 bridgehead atoms. The highest BCUT2D eigenvalue weighted by Gasteiger charge is 2.33. The fraction of sp³-hybridized carbons (Fsp3) is 0.100. The Morgan fingerprint density at radius 2 is 1.88 bits per heavy atom. The number of hydrogen-bond donors (Lipinski definition) is 1. The van der Waals surface area contributed by atoms with Gasteiger partial charge in [0.2, 0.25) is 0 Å². The molecule has 0 amide bonds. The third kappa shape index (κ3) is 4.44. The van der Waals surface area contributed by atoms with Crippen LogP contribution < -0.4 is 0 Å². The maximum absolute atomic E-state index is 12.8. The molecule has 94 valence electrons. The van der Waals surface area contributed by atoms with E-state index in [-0.39, 0.29) is 18.0 Å². The van der Waals surface area contributed by atoms with Gasteiger partial charge in [0.1, 0.15) is 5.82 Å². The van der Waals surface area contributed by atoms with Crippen molar-refractivity contribution >= 4 is 24.5 Å². The second-order valence-electron chi connectivity index (χ2n) is 2.91. The van der Waals surface area contributed by atoms with Crippen molar-refractivity contribution in [3.63, 3.8) is 0 Å². The lowest BCUT2D eigenvalue weighted by atomic mass is 10.1. The van der Waals surface area contributed by atoms with Crippen molar-refractivity contribution in [3.05, 3.63) is 41.2 Å². The van der Waals surface area contributed by atoms with E-state index >= 15 is 0 Å². The number of carbonyl (C=O) groups is 1. The zero-order valence-corrected chi connectivity index (χ0v) is 8.98. The second kappa shape index (κ2) is 5.67. The molecular weight excluding hydrogens is 264 g/mol. The van der Waals surface area contributed by atoms with Crippen LogP contribution >= 0.6 is 12.4 Å². The average molecular weight is 271 g/mol. The summed E-state index contributed by atoms with van der Waals surface area (Å²) in [4.78, 5) is 10.1. The Kier molecular flexibility index (Phi) is 5.15. The Morgan fingerprint density at radius 3 is 2.35 bits per heavy atom. The van der Waals surface area contributed by atoms with E-state index in [1.165, 1.54) is 0 Å². The first kappa shape index (κ1) is 15.4. The number of rotatable bonds is 2. The van der Waals surface area contributed by atoms with Gasteiger partial charge >= 0.3 is 12.1 Å². The largest absolute Gasteiger partial charge is 0.478 e. The van der Waals surface area contributed by atoms with Gasteiger partial charge in [-0.25, -0.2) is 9.18 Å². The van der Waals surface area contributed by atoms with Gasteiger partial charge in [-0.15, -0.1) is 12.4 Å². The Labute approximate surface area is 100.0 Å². The van der Waals surface area contributed by atoms with Crippen molar-refractivity contribution in [2.75, 3.05) is 0 Å². The summed E-state index contributed by atoms with van der Waals surface area (Å²) in [6.07, 6.45) is -3.17. The van der Waals surface area contributed by atoms with Gasteiger partial charge in [-0.05, 0) is 23.8 Å². The monoisotopic (exact) mass is 270 g/mol. The fourth-order valence-electron chi connectivity index (χ4n) is 1.03. The van der Waals surface area contributed by atoms with Crippen molar-refractivity contribution in [2.24, 2.45) is 0 Å². The highest BCUT2D eigenvalue weighted by Crippen LogP contribution is 2.32. The smallest absolute Gasteiger partial charge is 0.419 e. The standard InChI is InChI=1S/C10H6F4O2.ClH/c11-8-3-1-6(2-4-9(15)16)5-7(8)10(12,13)14;/h1-5H,(H,15,16);1H. The average Bonchev–Trinajstić information content (AvgIpc) is 2.14. The molecule has 0 aliphatic heterocycles. The molecule has 0 aliphatic carbocycles. The van der Waals surface area contributed by atoms with Gasteiger partial charge in [-0.3, -0.25) is 0 Å². The molecule has 1 N–H and O–H groups in total. The van der Waals surface area contributed by atoms with Crippen LogP contribution in [0.3, 0.4) is 0 Å². The van der Waals surface area contributed by atoms with Gasteiger partial charge in [0.25, 0.3) is 0 Å². The Balaban J connectivity index is 0.00000256. The molecule has 0 heterocycles. The zero-order chi connectivity index (χ0) is 12.3. The van der Waals surface area contributed by atoms with Crippen molar-refractivity contribution in [1.29, 1.82) is 0 Å². The van der Waals surface area contributed by atoms with Gasteiger partial charge in [0.05, 0.1) is 5.56 Å². The van der Waals surface area contributed by atoms with E-state index < -0.39 is 23.5 Å². The first-order valence-corrected chi connectivity index (χ1v) is 4.08. The Morgan fingerprint density at radius 1 is 1.29 bits per heavy atom. The topological polar surface area (TPSA) is 37.3 Å². The number of carboxylic acid groups (broad SMARTS) is 1. The predicted octanol–water partition coefficient (Wildman–Crippen LogP) is 3.36. The SMILES string of the molecule is Cl.O=C(O)C=Cc1ccc(F)c(C(F)(F)F)c1. The molecule has 0 aromatic heterocycles. The van der Waals surface area contributed by atoms with Crippen LogP contribution in [0.15, 0.2) is 24.3 Å². The highest BCUT2D eigenvalue weighted by molar-refractivity contribution is 5.85. The molecule has 1 aromatic carbocycles. The normalized spacial score (nSPS) is 11.3. The van der Waals surface area contributed by atoms with E-state index in [9.17, 15) is 22.4 Å². The maximum Gasteiger partial charge on any atom is 0.419 e. The molecule has 0 saturated carbocycles. The molecule has 0 atom stereocenters. The summed E-state index contributed by atoms with van der Waals surface area (Å²) in [7, 11) is 0. The van der Waals surface area contributed by atoms with Crippen molar-refractivity contribution < 1.29 is 27.5 Å². The van der Waals surface area contributed by atoms with Gasteiger partial charge in [0, 0.05) is 6.08 Å². The van der Waals surface area contributed by atoms with Crippen LogP contribution in [0, 0.1) is 5.82 Å². The Bertz CT molecular complexity index is 440. The van der Waals surface area contributed by atoms with Gasteiger partial charge in [-0.1, -0.05) is 6.07 Å². The lowest BCUT2D eigenvalue weighted by Crippen LogP contribution is -2.08. The quantitative estimate of drug-likeness (QED) is 0.661. The first-order valence-electron chi connectivity index (χ1n) is 4.08. The van der Waals surface area contributed by atoms with E-state index in [2.05, 4.69) is 0 Å². The minimum atomic E-state index is -4.79. The maximum atomic E-state index is 12.8. The summed E-state index contributed by atoms with van der Waals surface area (Å²) in [6.45, 7) is 0. The van der Waals surface area contributed by atoms with Crippen LogP contribution in [0.2, 0.25) is 0 Å². The molecule has 0 radical (unpaired) electrons. The molecule has 0 aliphatic rings. The molecule has 0 spiro atoms. The molecule has 0 saturated heterocycles. The van der Waals surface area contributed by atoms with E-state index in [4.69, 9.17) is 5.11 Å². The number of halogens is 5. The summed E-state index contributed by atoms with van der Waals surface area (Å²) in [5.74, 6) is -2.68. The number of aliphatic carboxylic acids is 1. The molecular formula is C10H7ClF4O2. The first-order chi connectivity index (χ1) is 7.30. The fourth-order valence-corrected chi connectivity index (χ4v) is 1.03. The lowest BCUT2D eigenvalue weighted by Gasteiger charge is -2.08. The summed E-state index contributed by atoms with van der Waals surface area (Å²) in [5.41, 5.74) is -1.45. The van der Waals surface area contributed by atoms with E-state index in [0.29, 0.717) is 18.2 Å². The van der Waals surface area contributed by atoms with E-state index in [0.717, 1.165) is 12.1 Å². The zero-order valence-electron chi connectivity index (χ0n) is 8.16. The number of hydrogen-bond acceptors (Lipinski definition) is 1. The lowest BCUT2D eigenvalue weighted by molar-refractivity contribution is -0.140. The van der Waals surface area contributed by atoms with Crippen LogP contribution in [-0.4, -0.2) is 11.1 Å². The minimum absolute atomic E-state index is 0. The summed E-state index contributed by atoms with van der Waals surface area (Å²) in [5, 5.41) is 8.28. The second-order valence-corrected chi connectivity index (χ2v) is 2.91. The van der Waals surface area contributed by atoms with Crippen molar-refractivity contribution in [3.8, 4) is 0 Å². The van der Waals surface area contributed by atoms with Crippen LogP contribution in [-0.2, 0) is 11.0 Å². The highest BCUT2D eigenvalue weighted by atomic mass is 35.5. The molecule has 0 fully saturated rings. The van der Waals surface area contributed by atoms with Gasteiger partial charge in [0.15, 0.2) is 0 Å². The molecule has 7 heteroatoms. The van der Waals surface area contributed by atoms with Gasteiger partial charge in [-0.2, -0.15) is 13.2 Å². The summed E-state index contributed by atoms with van der Waals surface area (Å²) in [6, 6.07) is 2.25. The van der Waals surface area contributed by atoms with Crippen LogP contribution in [0.1, 0.15) is 11.1 Å². The third-order valence-electron chi connectivity index (χ3n) is 1.71. The number of benzene rings is 1. The summed E-state index contributed by atoms with van der Waals surface area (Å²) >= 11 is 0. The third-order valence-corrected chi connectivity index (χ3v) is 1.71. The molecule has 0 unspecified atom stereocenters. The Hall–Kier alpha value is -1.56. The van der Waals surface area contributed by atoms with E-state index in [1.807, 2.05) is 0 Å². The number of alkyl halides is 3. The number of carboxylic acids is 1. The van der Waals surface area contributed by atoms with Crippen molar-refractivity contribution in [1.82, 2.24) is 0 Å². The van der Waals surface area contributed by atoms with Crippen LogP contribution in [0.5, 0.6) is 0 Å². The minimum Gasteiger partial charge on any atom is -0.478 e. The summed E-state index contributed by atoms with van der Waals surface area (Å²) < 4.78 is 49.5. The van der Waals surface area contributed by atoms with Crippen molar-refractivity contribution in [2.45, 2.75) is 6.18 Å². The molecule has 17 heavy (non-hydrogen) atoms. The van der Waals surface area contributed by atoms with Crippen LogP contribution in [0.25, 0.3) is 6.08 Å². The molecule has 1 rings (SSSR count).